The zero-order valence-corrected chi connectivity index (χ0v) is 18.8. The van der Waals surface area contributed by atoms with Crippen molar-refractivity contribution in [2.75, 3.05) is 6.54 Å². The van der Waals surface area contributed by atoms with Crippen LogP contribution in [0.1, 0.15) is 41.4 Å². The van der Waals surface area contributed by atoms with E-state index in [1.807, 2.05) is 54.0 Å². The lowest BCUT2D eigenvalue weighted by Crippen LogP contribution is -2.51. The molecule has 3 heterocycles. The Kier molecular flexibility index (Phi) is 8.53. The van der Waals surface area contributed by atoms with E-state index < -0.39 is 0 Å². The van der Waals surface area contributed by atoms with Crippen LogP contribution in [0.4, 0.5) is 0 Å². The molecule has 0 saturated carbocycles. The maximum absolute atomic E-state index is 12.8. The molecule has 0 bridgehead atoms. The molecule has 30 heavy (non-hydrogen) atoms. The Morgan fingerprint density at radius 2 is 2.07 bits per heavy atom. The first kappa shape index (κ1) is 24.0. The molecule has 0 spiro atoms. The number of imidazole rings is 1. The molecule has 4 rings (SSSR count). The Morgan fingerprint density at radius 3 is 2.83 bits per heavy atom. The van der Waals surface area contributed by atoms with Crippen LogP contribution in [0.2, 0.25) is 0 Å². The van der Waals surface area contributed by atoms with Gasteiger partial charge in [-0.25, -0.2) is 4.98 Å². The van der Waals surface area contributed by atoms with E-state index in [0.29, 0.717) is 17.9 Å². The van der Waals surface area contributed by atoms with Gasteiger partial charge in [0.2, 0.25) is 0 Å². The fraction of sp³-hybridized carbons (Fsp3) is 0.364. The molecular weight excluding hydrogens is 423 g/mol. The molecule has 0 aliphatic carbocycles. The number of amides is 1. The number of carbonyl (C=O) groups is 1. The molecule has 2 N–H and O–H groups in total. The summed E-state index contributed by atoms with van der Waals surface area (Å²) in [6.45, 7) is 5.46. The van der Waals surface area contributed by atoms with Crippen molar-refractivity contribution < 1.29 is 9.53 Å². The van der Waals surface area contributed by atoms with Gasteiger partial charge in [0, 0.05) is 24.5 Å². The van der Waals surface area contributed by atoms with Gasteiger partial charge in [0.05, 0.1) is 11.3 Å². The molecule has 1 fully saturated rings. The molecular formula is C22H28Cl2N4O2. The largest absolute Gasteiger partial charge is 0.486 e. The average molecular weight is 451 g/mol. The van der Waals surface area contributed by atoms with Crippen LogP contribution in [0.5, 0.6) is 5.75 Å². The standard InChI is InChI=1S/C22H26N4O2.2ClH/c1-15-7-6-12-26-13-17(24-21(15)26)14-28-20-10-4-3-8-18(20)22(27)25-19-9-5-11-23-16(19)2;;/h3-4,6-8,10,12-13,16,19,23H,5,9,11,14H2,1-2H3,(H,25,27);2*1H. The summed E-state index contributed by atoms with van der Waals surface area (Å²) < 4.78 is 7.97. The van der Waals surface area contributed by atoms with Crippen molar-refractivity contribution in [2.24, 2.45) is 0 Å². The maximum Gasteiger partial charge on any atom is 0.255 e. The first-order valence-corrected chi connectivity index (χ1v) is 9.81. The molecule has 162 valence electrons. The van der Waals surface area contributed by atoms with Crippen molar-refractivity contribution in [1.29, 1.82) is 0 Å². The number of aryl methyl sites for hydroxylation is 1. The summed E-state index contributed by atoms with van der Waals surface area (Å²) in [6.07, 6.45) is 5.99. The number of ether oxygens (including phenoxy) is 1. The quantitative estimate of drug-likeness (QED) is 0.617. The van der Waals surface area contributed by atoms with Gasteiger partial charge in [-0.1, -0.05) is 18.2 Å². The van der Waals surface area contributed by atoms with Gasteiger partial charge in [0.1, 0.15) is 18.0 Å². The normalized spacial score (nSPS) is 18.2. The van der Waals surface area contributed by atoms with Gasteiger partial charge >= 0.3 is 0 Å². The number of piperidine rings is 1. The Hall–Kier alpha value is -2.28. The molecule has 8 heteroatoms. The third-order valence-corrected chi connectivity index (χ3v) is 5.31. The molecule has 3 aromatic rings. The summed E-state index contributed by atoms with van der Waals surface area (Å²) in [6, 6.07) is 11.8. The fourth-order valence-corrected chi connectivity index (χ4v) is 3.69. The van der Waals surface area contributed by atoms with Crippen LogP contribution in [0.3, 0.4) is 0 Å². The lowest BCUT2D eigenvalue weighted by molar-refractivity contribution is 0.0915. The van der Waals surface area contributed by atoms with E-state index in [1.165, 1.54) is 0 Å². The number of pyridine rings is 1. The summed E-state index contributed by atoms with van der Waals surface area (Å²) in [5.74, 6) is 0.479. The summed E-state index contributed by atoms with van der Waals surface area (Å²) >= 11 is 0. The van der Waals surface area contributed by atoms with Gasteiger partial charge in [0.15, 0.2) is 0 Å². The molecule has 2 unspecified atom stereocenters. The second-order valence-corrected chi connectivity index (χ2v) is 7.40. The van der Waals surface area contributed by atoms with Crippen LogP contribution in [0.25, 0.3) is 5.65 Å². The minimum Gasteiger partial charge on any atom is -0.486 e. The highest BCUT2D eigenvalue weighted by Gasteiger charge is 2.24. The number of aromatic nitrogens is 2. The number of hydrogen-bond donors (Lipinski definition) is 2. The minimum atomic E-state index is -0.0954. The molecule has 2 aromatic heterocycles. The van der Waals surface area contributed by atoms with E-state index in [4.69, 9.17) is 4.74 Å². The van der Waals surface area contributed by atoms with Crippen molar-refractivity contribution in [3.63, 3.8) is 0 Å². The van der Waals surface area contributed by atoms with Crippen molar-refractivity contribution in [1.82, 2.24) is 20.0 Å². The molecule has 1 saturated heterocycles. The van der Waals surface area contributed by atoms with Gasteiger partial charge in [-0.05, 0) is 57.0 Å². The predicted molar refractivity (Wildman–Crippen MR) is 123 cm³/mol. The fourth-order valence-electron chi connectivity index (χ4n) is 3.69. The zero-order valence-electron chi connectivity index (χ0n) is 17.1. The first-order valence-electron chi connectivity index (χ1n) is 9.81. The molecule has 1 aliphatic rings. The van der Waals surface area contributed by atoms with E-state index >= 15 is 0 Å². The third kappa shape index (κ3) is 5.25. The van der Waals surface area contributed by atoms with Crippen LogP contribution < -0.4 is 15.4 Å². The topological polar surface area (TPSA) is 67.7 Å². The average Bonchev–Trinajstić information content (AvgIpc) is 3.13. The summed E-state index contributed by atoms with van der Waals surface area (Å²) in [4.78, 5) is 17.5. The van der Waals surface area contributed by atoms with Crippen LogP contribution in [-0.2, 0) is 6.61 Å². The van der Waals surface area contributed by atoms with E-state index in [2.05, 4.69) is 22.5 Å². The van der Waals surface area contributed by atoms with Crippen LogP contribution in [0.15, 0.2) is 48.8 Å². The number of nitrogens with one attached hydrogen (secondary N) is 2. The number of benzene rings is 1. The number of para-hydroxylation sites is 1. The second-order valence-electron chi connectivity index (χ2n) is 7.40. The van der Waals surface area contributed by atoms with E-state index in [9.17, 15) is 4.79 Å². The molecule has 0 radical (unpaired) electrons. The van der Waals surface area contributed by atoms with E-state index in [0.717, 1.165) is 36.3 Å². The Morgan fingerprint density at radius 1 is 1.27 bits per heavy atom. The summed E-state index contributed by atoms with van der Waals surface area (Å²) in [5.41, 5.74) is 3.42. The highest BCUT2D eigenvalue weighted by atomic mass is 35.5. The van der Waals surface area contributed by atoms with Crippen LogP contribution in [0, 0.1) is 6.92 Å². The highest BCUT2D eigenvalue weighted by molar-refractivity contribution is 5.97. The predicted octanol–water partition coefficient (Wildman–Crippen LogP) is 3.94. The Labute approximate surface area is 189 Å². The van der Waals surface area contributed by atoms with Gasteiger partial charge in [-0.3, -0.25) is 4.79 Å². The lowest BCUT2D eigenvalue weighted by atomic mass is 9.99. The van der Waals surface area contributed by atoms with Crippen LogP contribution in [-0.4, -0.2) is 33.9 Å². The SMILES string of the molecule is Cc1cccn2cc(COc3ccccc3C(=O)NC3CCCNC3C)nc12.Cl.Cl. The Balaban J connectivity index is 0.00000160. The van der Waals surface area contributed by atoms with E-state index in [1.54, 1.807) is 6.07 Å². The monoisotopic (exact) mass is 450 g/mol. The Bertz CT molecular complexity index is 992. The minimum absolute atomic E-state index is 0. The highest BCUT2D eigenvalue weighted by Crippen LogP contribution is 2.21. The third-order valence-electron chi connectivity index (χ3n) is 5.31. The summed E-state index contributed by atoms with van der Waals surface area (Å²) in [5, 5.41) is 6.56. The molecule has 1 amide bonds. The number of rotatable bonds is 5. The summed E-state index contributed by atoms with van der Waals surface area (Å²) in [7, 11) is 0. The van der Waals surface area contributed by atoms with Crippen molar-refractivity contribution in [3.8, 4) is 5.75 Å². The second kappa shape index (κ2) is 10.7. The smallest absolute Gasteiger partial charge is 0.255 e. The zero-order chi connectivity index (χ0) is 19.5. The molecule has 6 nitrogen and oxygen atoms in total. The van der Waals surface area contributed by atoms with Gasteiger partial charge in [0.25, 0.3) is 5.91 Å². The number of carbonyl (C=O) groups excluding carboxylic acids is 1. The number of hydrogen-bond acceptors (Lipinski definition) is 4. The molecule has 2 atom stereocenters. The van der Waals surface area contributed by atoms with Gasteiger partial charge in [-0.15, -0.1) is 24.8 Å². The van der Waals surface area contributed by atoms with Gasteiger partial charge < -0.3 is 19.8 Å². The number of nitrogens with zero attached hydrogens (tertiary/aromatic N) is 2. The molecule has 1 aliphatic heterocycles. The number of fused-ring (bicyclic) bond motifs is 1. The van der Waals surface area contributed by atoms with Crippen molar-refractivity contribution in [2.45, 2.75) is 45.4 Å². The van der Waals surface area contributed by atoms with Crippen LogP contribution >= 0.6 is 24.8 Å². The van der Waals surface area contributed by atoms with Crippen molar-refractivity contribution >= 4 is 36.4 Å². The van der Waals surface area contributed by atoms with Crippen molar-refractivity contribution in [3.05, 3.63) is 65.6 Å². The maximum atomic E-state index is 12.8. The lowest BCUT2D eigenvalue weighted by Gasteiger charge is -2.30. The molecule has 1 aromatic carbocycles. The first-order chi connectivity index (χ1) is 13.6. The van der Waals surface area contributed by atoms with E-state index in [-0.39, 0.29) is 42.8 Å². The van der Waals surface area contributed by atoms with Gasteiger partial charge in [-0.2, -0.15) is 0 Å². The number of halogens is 2.